The number of rotatable bonds is 8. The number of hydrogen-bond donors (Lipinski definition) is 1. The molecular formula is C16H21N5O4S. The number of thioether (sulfide) groups is 1. The van der Waals surface area contributed by atoms with Crippen LogP contribution in [0.4, 0.5) is 5.69 Å². The number of carbonyl (C=O) groups is 1. The van der Waals surface area contributed by atoms with Crippen LogP contribution in [0.5, 0.6) is 0 Å². The third-order valence-electron chi connectivity index (χ3n) is 3.35. The van der Waals surface area contributed by atoms with E-state index in [1.807, 2.05) is 19.0 Å². The standard InChI is InChI=1S/C16H21N5O4S/c1-16(2,15-17-14(25-19-15)9-20(3)4)18-13(22)10-26-12-7-5-11(6-8-12)21(23)24/h5-8H,9-10H2,1-4H3,(H,18,22). The maximum absolute atomic E-state index is 12.2. The van der Waals surface area contributed by atoms with Crippen molar-refractivity contribution in [1.82, 2.24) is 20.4 Å². The van der Waals surface area contributed by atoms with E-state index in [9.17, 15) is 14.9 Å². The molecule has 0 bridgehead atoms. The highest BCUT2D eigenvalue weighted by molar-refractivity contribution is 8.00. The van der Waals surface area contributed by atoms with Gasteiger partial charge in [-0.1, -0.05) is 5.16 Å². The van der Waals surface area contributed by atoms with Crippen LogP contribution in [0.3, 0.4) is 0 Å². The first kappa shape index (κ1) is 19.9. The van der Waals surface area contributed by atoms with Crippen molar-refractivity contribution in [1.29, 1.82) is 0 Å². The van der Waals surface area contributed by atoms with E-state index >= 15 is 0 Å². The van der Waals surface area contributed by atoms with E-state index in [1.165, 1.54) is 23.9 Å². The molecule has 2 rings (SSSR count). The summed E-state index contributed by atoms with van der Waals surface area (Å²) in [7, 11) is 3.79. The fourth-order valence-electron chi connectivity index (χ4n) is 2.10. The lowest BCUT2D eigenvalue weighted by Crippen LogP contribution is -2.42. The van der Waals surface area contributed by atoms with Crippen LogP contribution >= 0.6 is 11.8 Å². The zero-order chi connectivity index (χ0) is 19.3. The van der Waals surface area contributed by atoms with Crippen molar-refractivity contribution in [2.45, 2.75) is 30.8 Å². The minimum absolute atomic E-state index is 0.0190. The van der Waals surface area contributed by atoms with Gasteiger partial charge in [-0.15, -0.1) is 11.8 Å². The number of benzene rings is 1. The van der Waals surface area contributed by atoms with Crippen molar-refractivity contribution in [3.8, 4) is 0 Å². The third-order valence-corrected chi connectivity index (χ3v) is 4.36. The molecule has 0 aliphatic rings. The van der Waals surface area contributed by atoms with Crippen molar-refractivity contribution in [2.75, 3.05) is 19.8 Å². The van der Waals surface area contributed by atoms with Crippen molar-refractivity contribution < 1.29 is 14.2 Å². The van der Waals surface area contributed by atoms with Crippen molar-refractivity contribution in [3.05, 3.63) is 46.1 Å². The van der Waals surface area contributed by atoms with Gasteiger partial charge in [0.1, 0.15) is 0 Å². The summed E-state index contributed by atoms with van der Waals surface area (Å²) in [6.45, 7) is 4.12. The van der Waals surface area contributed by atoms with Crippen LogP contribution in [0.2, 0.25) is 0 Å². The molecule has 0 saturated heterocycles. The highest BCUT2D eigenvalue weighted by Crippen LogP contribution is 2.22. The van der Waals surface area contributed by atoms with Crippen LogP contribution < -0.4 is 5.32 Å². The molecule has 10 heteroatoms. The van der Waals surface area contributed by atoms with E-state index in [4.69, 9.17) is 4.52 Å². The number of nitro groups is 1. The second-order valence-electron chi connectivity index (χ2n) is 6.46. The summed E-state index contributed by atoms with van der Waals surface area (Å²) < 4.78 is 5.19. The lowest BCUT2D eigenvalue weighted by molar-refractivity contribution is -0.384. The summed E-state index contributed by atoms with van der Waals surface area (Å²) in [6, 6.07) is 6.06. The van der Waals surface area contributed by atoms with Crippen molar-refractivity contribution >= 4 is 23.4 Å². The monoisotopic (exact) mass is 379 g/mol. The van der Waals surface area contributed by atoms with Gasteiger partial charge in [-0.3, -0.25) is 14.9 Å². The van der Waals surface area contributed by atoms with Crippen LogP contribution in [0, 0.1) is 10.1 Å². The van der Waals surface area contributed by atoms with E-state index in [0.717, 1.165) is 4.90 Å². The molecule has 1 aromatic heterocycles. The Morgan fingerprint density at radius 2 is 2.00 bits per heavy atom. The zero-order valence-corrected chi connectivity index (χ0v) is 15.9. The molecule has 140 valence electrons. The summed E-state index contributed by atoms with van der Waals surface area (Å²) in [4.78, 5) is 29.4. The molecule has 9 nitrogen and oxygen atoms in total. The first-order chi connectivity index (χ1) is 12.2. The molecule has 0 saturated carbocycles. The molecule has 26 heavy (non-hydrogen) atoms. The molecule has 1 amide bonds. The van der Waals surface area contributed by atoms with Crippen LogP contribution in [0.1, 0.15) is 25.6 Å². The molecule has 0 radical (unpaired) electrons. The Labute approximate surface area is 155 Å². The average molecular weight is 379 g/mol. The Morgan fingerprint density at radius 3 is 2.58 bits per heavy atom. The number of hydrogen-bond acceptors (Lipinski definition) is 8. The smallest absolute Gasteiger partial charge is 0.269 e. The highest BCUT2D eigenvalue weighted by atomic mass is 32.2. The number of non-ortho nitro benzene ring substituents is 1. The number of aromatic nitrogens is 2. The minimum atomic E-state index is -0.777. The van der Waals surface area contributed by atoms with Crippen LogP contribution in [0.15, 0.2) is 33.7 Å². The van der Waals surface area contributed by atoms with Gasteiger partial charge in [0.15, 0.2) is 5.82 Å². The number of nitro benzene ring substituents is 1. The third kappa shape index (κ3) is 5.53. The molecule has 0 spiro atoms. The number of nitrogens with zero attached hydrogens (tertiary/aromatic N) is 4. The largest absolute Gasteiger partial charge is 0.343 e. The second kappa shape index (κ2) is 8.28. The molecule has 0 fully saturated rings. The van der Waals surface area contributed by atoms with Gasteiger partial charge >= 0.3 is 0 Å². The lowest BCUT2D eigenvalue weighted by atomic mass is 10.1. The normalized spacial score (nSPS) is 11.6. The van der Waals surface area contributed by atoms with Crippen LogP contribution in [0.25, 0.3) is 0 Å². The molecule has 0 aliphatic carbocycles. The average Bonchev–Trinajstić information content (AvgIpc) is 3.01. The molecule has 1 aromatic carbocycles. The van der Waals surface area contributed by atoms with Gasteiger partial charge in [0.05, 0.1) is 22.8 Å². The SMILES string of the molecule is CN(C)Cc1nc(C(C)(C)NC(=O)CSc2ccc([N+](=O)[O-])cc2)no1. The number of amides is 1. The fraction of sp³-hybridized carbons (Fsp3) is 0.438. The Morgan fingerprint density at radius 1 is 1.35 bits per heavy atom. The summed E-state index contributed by atoms with van der Waals surface area (Å²) in [5, 5.41) is 17.5. The Balaban J connectivity index is 1.91. The first-order valence-corrected chi connectivity index (χ1v) is 8.82. The Bertz CT molecular complexity index is 773. The molecule has 0 unspecified atom stereocenters. The van der Waals surface area contributed by atoms with Crippen molar-refractivity contribution in [2.24, 2.45) is 0 Å². The molecule has 1 heterocycles. The van der Waals surface area contributed by atoms with Gasteiger partial charge in [0.25, 0.3) is 5.69 Å². The maximum Gasteiger partial charge on any atom is 0.269 e. The lowest BCUT2D eigenvalue weighted by Gasteiger charge is -2.22. The summed E-state index contributed by atoms with van der Waals surface area (Å²) in [6.07, 6.45) is 0. The highest BCUT2D eigenvalue weighted by Gasteiger charge is 2.28. The molecule has 1 N–H and O–H groups in total. The maximum atomic E-state index is 12.2. The second-order valence-corrected chi connectivity index (χ2v) is 7.51. The predicted molar refractivity (Wildman–Crippen MR) is 96.7 cm³/mol. The molecule has 0 aliphatic heterocycles. The van der Waals surface area contributed by atoms with Gasteiger partial charge in [0.2, 0.25) is 11.8 Å². The summed E-state index contributed by atoms with van der Waals surface area (Å²) >= 11 is 1.29. The number of carbonyl (C=O) groups excluding carboxylic acids is 1. The fourth-order valence-corrected chi connectivity index (χ4v) is 2.80. The van der Waals surface area contributed by atoms with Crippen molar-refractivity contribution in [3.63, 3.8) is 0 Å². The van der Waals surface area contributed by atoms with Gasteiger partial charge in [0, 0.05) is 17.0 Å². The summed E-state index contributed by atoms with van der Waals surface area (Å²) in [5.74, 6) is 0.858. The summed E-state index contributed by atoms with van der Waals surface area (Å²) in [5.41, 5.74) is -0.758. The Kier molecular flexibility index (Phi) is 6.32. The predicted octanol–water partition coefficient (Wildman–Crippen LogP) is 2.18. The van der Waals surface area contributed by atoms with E-state index in [0.29, 0.717) is 18.3 Å². The van der Waals surface area contributed by atoms with E-state index in [2.05, 4.69) is 15.5 Å². The quantitative estimate of drug-likeness (QED) is 0.422. The van der Waals surface area contributed by atoms with E-state index in [1.54, 1.807) is 26.0 Å². The number of nitrogens with one attached hydrogen (secondary N) is 1. The minimum Gasteiger partial charge on any atom is -0.343 e. The molecular weight excluding hydrogens is 358 g/mol. The van der Waals surface area contributed by atoms with Crippen LogP contribution in [-0.4, -0.2) is 45.7 Å². The first-order valence-electron chi connectivity index (χ1n) is 7.83. The van der Waals surface area contributed by atoms with E-state index < -0.39 is 10.5 Å². The van der Waals surface area contributed by atoms with Gasteiger partial charge < -0.3 is 14.7 Å². The molecule has 0 atom stereocenters. The Hall–Kier alpha value is -2.46. The van der Waals surface area contributed by atoms with Gasteiger partial charge in [-0.2, -0.15) is 4.98 Å². The molecule has 2 aromatic rings. The van der Waals surface area contributed by atoms with E-state index in [-0.39, 0.29) is 17.3 Å². The van der Waals surface area contributed by atoms with Gasteiger partial charge in [-0.05, 0) is 40.1 Å². The topological polar surface area (TPSA) is 114 Å². The van der Waals surface area contributed by atoms with Crippen LogP contribution in [-0.2, 0) is 16.9 Å². The van der Waals surface area contributed by atoms with Gasteiger partial charge in [-0.25, -0.2) is 0 Å². The zero-order valence-electron chi connectivity index (χ0n) is 15.1.